The zero-order valence-electron chi connectivity index (χ0n) is 16.6. The first-order chi connectivity index (χ1) is 13.6. The van der Waals surface area contributed by atoms with Crippen LogP contribution in [0, 0.1) is 5.92 Å². The largest absolute Gasteiger partial charge is 0.507 e. The van der Waals surface area contributed by atoms with Crippen LogP contribution in [0.1, 0.15) is 48.9 Å². The average Bonchev–Trinajstić information content (AvgIpc) is 3.28. The van der Waals surface area contributed by atoms with Gasteiger partial charge >= 0.3 is 0 Å². The zero-order valence-corrected chi connectivity index (χ0v) is 16.6. The van der Waals surface area contributed by atoms with E-state index >= 15 is 0 Å². The highest BCUT2D eigenvalue weighted by Crippen LogP contribution is 2.27. The van der Waals surface area contributed by atoms with E-state index in [1.807, 2.05) is 4.90 Å². The minimum atomic E-state index is -0.0859. The number of piperidine rings is 2. The average molecular weight is 386 g/mol. The number of para-hydroxylation sites is 1. The van der Waals surface area contributed by atoms with Crippen LogP contribution < -0.4 is 0 Å². The Hall–Kier alpha value is -2.08. The number of phenolic OH excluding ortho intramolecular Hbond substituents is 1. The number of nitrogens with zero attached hydrogens (tertiary/aromatic N) is 3. The van der Waals surface area contributed by atoms with Crippen molar-refractivity contribution in [2.45, 2.75) is 44.6 Å². The molecule has 152 valence electrons. The minimum Gasteiger partial charge on any atom is -0.507 e. The Morgan fingerprint density at radius 2 is 1.57 bits per heavy atom. The molecule has 0 saturated carbocycles. The van der Waals surface area contributed by atoms with Crippen LogP contribution in [0.5, 0.6) is 5.75 Å². The smallest absolute Gasteiger partial charge is 0.257 e. The first-order valence-electron chi connectivity index (χ1n) is 10.7. The normalized spacial score (nSPS) is 24.5. The molecule has 6 heteroatoms. The topological polar surface area (TPSA) is 64.1 Å². The number of likely N-dealkylation sites (tertiary alicyclic amines) is 3. The molecule has 3 saturated heterocycles. The summed E-state index contributed by atoms with van der Waals surface area (Å²) >= 11 is 0. The van der Waals surface area contributed by atoms with Crippen molar-refractivity contribution >= 4 is 11.8 Å². The van der Waals surface area contributed by atoms with Gasteiger partial charge in [-0.2, -0.15) is 0 Å². The van der Waals surface area contributed by atoms with Crippen molar-refractivity contribution in [1.29, 1.82) is 0 Å². The summed E-state index contributed by atoms with van der Waals surface area (Å²) in [5.74, 6) is 0.466. The Kier molecular flexibility index (Phi) is 5.85. The number of hydrogen-bond donors (Lipinski definition) is 1. The van der Waals surface area contributed by atoms with Crippen molar-refractivity contribution in [1.82, 2.24) is 14.7 Å². The van der Waals surface area contributed by atoms with Gasteiger partial charge in [-0.25, -0.2) is 0 Å². The number of carbonyl (C=O) groups is 2. The Morgan fingerprint density at radius 3 is 2.29 bits per heavy atom. The Morgan fingerprint density at radius 1 is 0.857 bits per heavy atom. The molecular weight excluding hydrogens is 354 g/mol. The fourth-order valence-corrected chi connectivity index (χ4v) is 4.99. The highest BCUT2D eigenvalue weighted by atomic mass is 16.3. The van der Waals surface area contributed by atoms with Crippen LogP contribution in [0.25, 0.3) is 0 Å². The van der Waals surface area contributed by atoms with Crippen LogP contribution in [0.4, 0.5) is 0 Å². The molecule has 3 heterocycles. The lowest BCUT2D eigenvalue weighted by Crippen LogP contribution is -2.51. The zero-order chi connectivity index (χ0) is 19.5. The summed E-state index contributed by atoms with van der Waals surface area (Å²) < 4.78 is 0. The second-order valence-corrected chi connectivity index (χ2v) is 8.41. The van der Waals surface area contributed by atoms with E-state index in [0.29, 0.717) is 30.6 Å². The predicted octanol–water partition coefficient (Wildman–Crippen LogP) is 2.33. The molecule has 3 aliphatic heterocycles. The summed E-state index contributed by atoms with van der Waals surface area (Å²) in [6.07, 6.45) is 6.25. The third-order valence-corrected chi connectivity index (χ3v) is 6.62. The van der Waals surface area contributed by atoms with E-state index in [0.717, 1.165) is 64.7 Å². The summed E-state index contributed by atoms with van der Waals surface area (Å²) in [6.45, 7) is 5.21. The molecule has 3 aliphatic rings. The molecule has 0 aromatic heterocycles. The van der Waals surface area contributed by atoms with Crippen molar-refractivity contribution in [2.75, 3.05) is 39.3 Å². The standard InChI is InChI=1S/C22H31N3O3/c26-20-8-2-1-7-19(20)22(28)24-14-9-18(10-15-24)25-13-5-6-17(16-25)21(27)23-11-3-4-12-23/h1-2,7-8,17-18,26H,3-6,9-16H2/t17-/m1/s1. The number of benzene rings is 1. The van der Waals surface area contributed by atoms with Gasteiger partial charge in [0.1, 0.15) is 5.75 Å². The number of carbonyl (C=O) groups excluding carboxylic acids is 2. The fourth-order valence-electron chi connectivity index (χ4n) is 4.99. The number of rotatable bonds is 3. The third kappa shape index (κ3) is 4.02. The molecule has 6 nitrogen and oxygen atoms in total. The first kappa shape index (κ1) is 19.2. The fraction of sp³-hybridized carbons (Fsp3) is 0.636. The Balaban J connectivity index is 1.31. The number of amides is 2. The highest BCUT2D eigenvalue weighted by molar-refractivity contribution is 5.96. The molecule has 0 unspecified atom stereocenters. The molecular formula is C22H31N3O3. The van der Waals surface area contributed by atoms with E-state index < -0.39 is 0 Å². The first-order valence-corrected chi connectivity index (χ1v) is 10.7. The second-order valence-electron chi connectivity index (χ2n) is 8.41. The lowest BCUT2D eigenvalue weighted by atomic mass is 9.92. The van der Waals surface area contributed by atoms with Crippen molar-refractivity contribution in [3.05, 3.63) is 29.8 Å². The van der Waals surface area contributed by atoms with Crippen LogP contribution in [0.15, 0.2) is 24.3 Å². The quantitative estimate of drug-likeness (QED) is 0.867. The van der Waals surface area contributed by atoms with Gasteiger partial charge in [-0.1, -0.05) is 12.1 Å². The van der Waals surface area contributed by atoms with Crippen molar-refractivity contribution in [3.8, 4) is 5.75 Å². The van der Waals surface area contributed by atoms with E-state index in [-0.39, 0.29) is 17.6 Å². The minimum absolute atomic E-state index is 0.0499. The molecule has 1 aromatic rings. The van der Waals surface area contributed by atoms with E-state index in [2.05, 4.69) is 9.80 Å². The van der Waals surface area contributed by atoms with Gasteiger partial charge in [-0.05, 0) is 57.2 Å². The summed E-state index contributed by atoms with van der Waals surface area (Å²) in [7, 11) is 0. The lowest BCUT2D eigenvalue weighted by Gasteiger charge is -2.42. The van der Waals surface area contributed by atoms with Crippen LogP contribution in [-0.2, 0) is 4.79 Å². The maximum absolute atomic E-state index is 12.8. The van der Waals surface area contributed by atoms with E-state index in [1.165, 1.54) is 0 Å². The van der Waals surface area contributed by atoms with Gasteiger partial charge in [0.15, 0.2) is 0 Å². The summed E-state index contributed by atoms with van der Waals surface area (Å²) in [6, 6.07) is 7.20. The number of aromatic hydroxyl groups is 1. The van der Waals surface area contributed by atoms with Gasteiger partial charge in [-0.3, -0.25) is 14.5 Å². The van der Waals surface area contributed by atoms with Crippen LogP contribution in [0.2, 0.25) is 0 Å². The number of phenols is 1. The van der Waals surface area contributed by atoms with Crippen molar-refractivity contribution in [2.24, 2.45) is 5.92 Å². The van der Waals surface area contributed by atoms with Crippen LogP contribution in [-0.4, -0.2) is 76.9 Å². The Bertz CT molecular complexity index is 709. The third-order valence-electron chi connectivity index (χ3n) is 6.62. The van der Waals surface area contributed by atoms with Gasteiger partial charge in [0.05, 0.1) is 11.5 Å². The van der Waals surface area contributed by atoms with Crippen molar-refractivity contribution in [3.63, 3.8) is 0 Å². The molecule has 0 radical (unpaired) electrons. The molecule has 1 atom stereocenters. The summed E-state index contributed by atoms with van der Waals surface area (Å²) in [5, 5.41) is 9.95. The van der Waals surface area contributed by atoms with Gasteiger partial charge in [-0.15, -0.1) is 0 Å². The Labute approximate surface area is 167 Å². The second kappa shape index (κ2) is 8.52. The molecule has 3 fully saturated rings. The molecule has 28 heavy (non-hydrogen) atoms. The van der Waals surface area contributed by atoms with Crippen LogP contribution >= 0.6 is 0 Å². The SMILES string of the molecule is O=C(c1ccccc1O)N1CCC(N2CCC[C@@H](C(=O)N3CCCC3)C2)CC1. The van der Waals surface area contributed by atoms with Gasteiger partial charge in [0, 0.05) is 38.8 Å². The lowest BCUT2D eigenvalue weighted by molar-refractivity contribution is -0.136. The maximum Gasteiger partial charge on any atom is 0.257 e. The molecule has 1 aromatic carbocycles. The molecule has 0 aliphatic carbocycles. The van der Waals surface area contributed by atoms with Gasteiger partial charge in [0.2, 0.25) is 5.91 Å². The molecule has 0 bridgehead atoms. The molecule has 4 rings (SSSR count). The molecule has 1 N–H and O–H groups in total. The monoisotopic (exact) mass is 385 g/mol. The van der Waals surface area contributed by atoms with E-state index in [9.17, 15) is 14.7 Å². The van der Waals surface area contributed by atoms with Crippen molar-refractivity contribution < 1.29 is 14.7 Å². The van der Waals surface area contributed by atoms with E-state index in [4.69, 9.17) is 0 Å². The highest BCUT2D eigenvalue weighted by Gasteiger charge is 2.35. The van der Waals surface area contributed by atoms with Gasteiger partial charge < -0.3 is 14.9 Å². The van der Waals surface area contributed by atoms with E-state index in [1.54, 1.807) is 24.3 Å². The van der Waals surface area contributed by atoms with Gasteiger partial charge in [0.25, 0.3) is 5.91 Å². The molecule has 0 spiro atoms. The summed E-state index contributed by atoms with van der Waals surface area (Å²) in [4.78, 5) is 31.9. The molecule has 2 amide bonds. The van der Waals surface area contributed by atoms with Crippen LogP contribution in [0.3, 0.4) is 0 Å². The predicted molar refractivity (Wildman–Crippen MR) is 107 cm³/mol. The number of hydrogen-bond acceptors (Lipinski definition) is 4. The maximum atomic E-state index is 12.8. The summed E-state index contributed by atoms with van der Waals surface area (Å²) in [5.41, 5.74) is 0.384.